The van der Waals surface area contributed by atoms with E-state index in [2.05, 4.69) is 23.7 Å². The van der Waals surface area contributed by atoms with Crippen LogP contribution in [0.1, 0.15) is 18.4 Å². The number of thioether (sulfide) groups is 1. The van der Waals surface area contributed by atoms with Crippen LogP contribution in [0.15, 0.2) is 23.1 Å². The fourth-order valence-corrected chi connectivity index (χ4v) is 3.11. The minimum absolute atomic E-state index is 0.828. The van der Waals surface area contributed by atoms with Gasteiger partial charge in [0, 0.05) is 9.92 Å². The maximum Gasteiger partial charge on any atom is 0.0419 e. The molecule has 1 aromatic rings. The average molecular weight is 256 g/mol. The SMILES string of the molecule is CSc1cc(Cl)cc(CC2CCNCC2)c1. The predicted octanol–water partition coefficient (Wildman–Crippen LogP) is 3.60. The first-order chi connectivity index (χ1) is 7.78. The summed E-state index contributed by atoms with van der Waals surface area (Å²) >= 11 is 7.88. The Bertz CT molecular complexity index is 348. The van der Waals surface area contributed by atoms with Crippen LogP contribution in [0.4, 0.5) is 0 Å². The van der Waals surface area contributed by atoms with Gasteiger partial charge in [-0.25, -0.2) is 0 Å². The van der Waals surface area contributed by atoms with Gasteiger partial charge in [-0.3, -0.25) is 0 Å². The molecule has 1 saturated heterocycles. The molecule has 0 aliphatic carbocycles. The van der Waals surface area contributed by atoms with Gasteiger partial charge in [0.05, 0.1) is 0 Å². The minimum atomic E-state index is 0.828. The second-order valence-corrected chi connectivity index (χ2v) is 5.71. The Labute approximate surface area is 107 Å². The maximum absolute atomic E-state index is 6.12. The molecular weight excluding hydrogens is 238 g/mol. The van der Waals surface area contributed by atoms with Gasteiger partial charge in [0.25, 0.3) is 0 Å². The normalized spacial score (nSPS) is 17.6. The van der Waals surface area contributed by atoms with Crippen LogP contribution >= 0.6 is 23.4 Å². The van der Waals surface area contributed by atoms with Gasteiger partial charge in [0.2, 0.25) is 0 Å². The van der Waals surface area contributed by atoms with Crippen molar-refractivity contribution in [3.63, 3.8) is 0 Å². The second kappa shape index (κ2) is 5.95. The van der Waals surface area contributed by atoms with Crippen LogP contribution in [-0.2, 0) is 6.42 Å². The van der Waals surface area contributed by atoms with Gasteiger partial charge in [-0.2, -0.15) is 0 Å². The molecule has 1 heterocycles. The van der Waals surface area contributed by atoms with E-state index < -0.39 is 0 Å². The van der Waals surface area contributed by atoms with Crippen molar-refractivity contribution in [1.82, 2.24) is 5.32 Å². The lowest BCUT2D eigenvalue weighted by atomic mass is 9.91. The smallest absolute Gasteiger partial charge is 0.0419 e. The monoisotopic (exact) mass is 255 g/mol. The summed E-state index contributed by atoms with van der Waals surface area (Å²) in [7, 11) is 0. The first-order valence-corrected chi connectivity index (χ1v) is 7.42. The molecule has 16 heavy (non-hydrogen) atoms. The van der Waals surface area contributed by atoms with Crippen molar-refractivity contribution in [2.45, 2.75) is 24.2 Å². The summed E-state index contributed by atoms with van der Waals surface area (Å²) in [6.07, 6.45) is 5.86. The van der Waals surface area contributed by atoms with Crippen molar-refractivity contribution in [2.75, 3.05) is 19.3 Å². The molecule has 0 radical (unpaired) electrons. The Hall–Kier alpha value is -0.180. The summed E-state index contributed by atoms with van der Waals surface area (Å²) in [5.74, 6) is 0.828. The Morgan fingerprint density at radius 3 is 2.75 bits per heavy atom. The summed E-state index contributed by atoms with van der Waals surface area (Å²) in [5, 5.41) is 4.28. The van der Waals surface area contributed by atoms with Gasteiger partial charge in [-0.1, -0.05) is 11.6 Å². The summed E-state index contributed by atoms with van der Waals surface area (Å²) in [4.78, 5) is 1.27. The lowest BCUT2D eigenvalue weighted by Crippen LogP contribution is -2.28. The molecule has 0 unspecified atom stereocenters. The van der Waals surface area contributed by atoms with Crippen molar-refractivity contribution >= 4 is 23.4 Å². The maximum atomic E-state index is 6.12. The lowest BCUT2D eigenvalue weighted by Gasteiger charge is -2.22. The van der Waals surface area contributed by atoms with E-state index in [0.29, 0.717) is 0 Å². The van der Waals surface area contributed by atoms with Crippen molar-refractivity contribution in [3.8, 4) is 0 Å². The summed E-state index contributed by atoms with van der Waals surface area (Å²) in [6, 6.07) is 6.43. The highest BCUT2D eigenvalue weighted by atomic mass is 35.5. The van der Waals surface area contributed by atoms with Crippen LogP contribution in [-0.4, -0.2) is 19.3 Å². The number of piperidine rings is 1. The molecule has 1 aliphatic heterocycles. The van der Waals surface area contributed by atoms with Crippen molar-refractivity contribution < 1.29 is 0 Å². The first-order valence-electron chi connectivity index (χ1n) is 5.82. The molecule has 88 valence electrons. The fraction of sp³-hybridized carbons (Fsp3) is 0.538. The zero-order valence-corrected chi connectivity index (χ0v) is 11.2. The fourth-order valence-electron chi connectivity index (χ4n) is 2.28. The van der Waals surface area contributed by atoms with Crippen LogP contribution < -0.4 is 5.32 Å². The van der Waals surface area contributed by atoms with Gasteiger partial charge in [-0.15, -0.1) is 11.8 Å². The van der Waals surface area contributed by atoms with Crippen LogP contribution in [0.5, 0.6) is 0 Å². The highest BCUT2D eigenvalue weighted by Gasteiger charge is 2.13. The Balaban J connectivity index is 2.04. The molecule has 0 atom stereocenters. The third kappa shape index (κ3) is 3.41. The van der Waals surface area contributed by atoms with Gasteiger partial charge in [-0.05, 0) is 68.3 Å². The molecule has 2 rings (SSSR count). The van der Waals surface area contributed by atoms with Crippen molar-refractivity contribution in [1.29, 1.82) is 0 Å². The third-order valence-corrected chi connectivity index (χ3v) is 4.08. The number of halogens is 1. The zero-order valence-electron chi connectivity index (χ0n) is 9.63. The Kier molecular flexibility index (Phi) is 4.56. The lowest BCUT2D eigenvalue weighted by molar-refractivity contribution is 0.372. The molecular formula is C13H18ClNS. The van der Waals surface area contributed by atoms with Crippen LogP contribution in [0.2, 0.25) is 5.02 Å². The molecule has 1 aromatic carbocycles. The second-order valence-electron chi connectivity index (χ2n) is 4.40. The molecule has 1 N–H and O–H groups in total. The third-order valence-electron chi connectivity index (χ3n) is 3.15. The van der Waals surface area contributed by atoms with E-state index in [9.17, 15) is 0 Å². The average Bonchev–Trinajstić information content (AvgIpc) is 2.29. The standard InChI is InChI=1S/C13H18ClNS/c1-16-13-8-11(7-12(14)9-13)6-10-2-4-15-5-3-10/h7-10,15H,2-6H2,1H3. The van der Waals surface area contributed by atoms with Gasteiger partial charge >= 0.3 is 0 Å². The molecule has 3 heteroatoms. The minimum Gasteiger partial charge on any atom is -0.317 e. The van der Waals surface area contributed by atoms with E-state index in [1.165, 1.54) is 42.8 Å². The van der Waals surface area contributed by atoms with Crippen molar-refractivity contribution in [3.05, 3.63) is 28.8 Å². The molecule has 0 spiro atoms. The quantitative estimate of drug-likeness (QED) is 0.829. The van der Waals surface area contributed by atoms with Crippen LogP contribution in [0, 0.1) is 5.92 Å². The molecule has 0 bridgehead atoms. The van der Waals surface area contributed by atoms with Gasteiger partial charge in [0.1, 0.15) is 0 Å². The Morgan fingerprint density at radius 1 is 1.31 bits per heavy atom. The van der Waals surface area contributed by atoms with Crippen LogP contribution in [0.3, 0.4) is 0 Å². The molecule has 0 saturated carbocycles. The van der Waals surface area contributed by atoms with E-state index in [4.69, 9.17) is 11.6 Å². The summed E-state index contributed by atoms with van der Waals surface area (Å²) < 4.78 is 0. The summed E-state index contributed by atoms with van der Waals surface area (Å²) in [6.45, 7) is 2.33. The number of hydrogen-bond donors (Lipinski definition) is 1. The largest absolute Gasteiger partial charge is 0.317 e. The number of rotatable bonds is 3. The highest BCUT2D eigenvalue weighted by molar-refractivity contribution is 7.98. The number of hydrogen-bond acceptors (Lipinski definition) is 2. The molecule has 1 aliphatic rings. The molecule has 1 nitrogen and oxygen atoms in total. The number of benzene rings is 1. The van der Waals surface area contributed by atoms with Gasteiger partial charge in [0.15, 0.2) is 0 Å². The Morgan fingerprint density at radius 2 is 2.06 bits per heavy atom. The molecule has 1 fully saturated rings. The zero-order chi connectivity index (χ0) is 11.4. The van der Waals surface area contributed by atoms with E-state index in [0.717, 1.165) is 10.9 Å². The van der Waals surface area contributed by atoms with E-state index >= 15 is 0 Å². The molecule has 0 aromatic heterocycles. The topological polar surface area (TPSA) is 12.0 Å². The first kappa shape index (κ1) is 12.3. The van der Waals surface area contributed by atoms with Crippen molar-refractivity contribution in [2.24, 2.45) is 5.92 Å². The highest BCUT2D eigenvalue weighted by Crippen LogP contribution is 2.25. The van der Waals surface area contributed by atoms with E-state index in [-0.39, 0.29) is 0 Å². The molecule has 0 amide bonds. The predicted molar refractivity (Wildman–Crippen MR) is 72.5 cm³/mol. The summed E-state index contributed by atoms with van der Waals surface area (Å²) in [5.41, 5.74) is 1.39. The van der Waals surface area contributed by atoms with Gasteiger partial charge < -0.3 is 5.32 Å². The van der Waals surface area contributed by atoms with Crippen LogP contribution in [0.25, 0.3) is 0 Å². The number of nitrogens with one attached hydrogen (secondary N) is 1. The van der Waals surface area contributed by atoms with E-state index in [1.807, 2.05) is 6.07 Å². The van der Waals surface area contributed by atoms with E-state index in [1.54, 1.807) is 11.8 Å².